The number of fused-ring (bicyclic) bond motifs is 1. The van der Waals surface area contributed by atoms with E-state index in [2.05, 4.69) is 17.6 Å². The van der Waals surface area contributed by atoms with Crippen LogP contribution in [0, 0.1) is 0 Å². The highest BCUT2D eigenvalue weighted by Gasteiger charge is 2.18. The molecule has 0 radical (unpaired) electrons. The SMILES string of the molecule is CCCNC1CCc2cc(NC(=O)O)ccc2C1. The zero-order chi connectivity index (χ0) is 13.0. The van der Waals surface area contributed by atoms with Crippen molar-refractivity contribution < 1.29 is 9.90 Å². The number of carbonyl (C=O) groups is 1. The van der Waals surface area contributed by atoms with Gasteiger partial charge in [-0.3, -0.25) is 5.32 Å². The largest absolute Gasteiger partial charge is 0.465 e. The van der Waals surface area contributed by atoms with Gasteiger partial charge in [0.2, 0.25) is 0 Å². The second-order valence-corrected chi connectivity index (χ2v) is 4.81. The Labute approximate surface area is 107 Å². The van der Waals surface area contributed by atoms with Crippen LogP contribution in [-0.4, -0.2) is 23.8 Å². The fraction of sp³-hybridized carbons (Fsp3) is 0.500. The van der Waals surface area contributed by atoms with Gasteiger partial charge in [-0.15, -0.1) is 0 Å². The summed E-state index contributed by atoms with van der Waals surface area (Å²) in [5.41, 5.74) is 3.28. The van der Waals surface area contributed by atoms with Gasteiger partial charge in [-0.2, -0.15) is 0 Å². The Kier molecular flexibility index (Phi) is 4.20. The van der Waals surface area contributed by atoms with Crippen molar-refractivity contribution in [1.29, 1.82) is 0 Å². The molecule has 0 saturated heterocycles. The normalized spacial score (nSPS) is 18.2. The maximum absolute atomic E-state index is 10.6. The molecular weight excluding hydrogens is 228 g/mol. The molecule has 0 aliphatic heterocycles. The molecule has 4 nitrogen and oxygen atoms in total. The van der Waals surface area contributed by atoms with E-state index in [4.69, 9.17) is 5.11 Å². The van der Waals surface area contributed by atoms with Crippen LogP contribution in [0.25, 0.3) is 0 Å². The van der Waals surface area contributed by atoms with Crippen molar-refractivity contribution >= 4 is 11.8 Å². The molecule has 0 aromatic heterocycles. The van der Waals surface area contributed by atoms with E-state index >= 15 is 0 Å². The number of aryl methyl sites for hydroxylation is 1. The molecule has 3 N–H and O–H groups in total. The summed E-state index contributed by atoms with van der Waals surface area (Å²) in [6.45, 7) is 3.24. The molecule has 1 aromatic carbocycles. The zero-order valence-electron chi connectivity index (χ0n) is 10.7. The first kappa shape index (κ1) is 12.9. The van der Waals surface area contributed by atoms with Crippen LogP contribution in [-0.2, 0) is 12.8 Å². The Morgan fingerprint density at radius 3 is 3.00 bits per heavy atom. The van der Waals surface area contributed by atoms with Crippen molar-refractivity contribution in [3.63, 3.8) is 0 Å². The predicted molar refractivity (Wildman–Crippen MR) is 72.2 cm³/mol. The third-order valence-electron chi connectivity index (χ3n) is 3.37. The maximum atomic E-state index is 10.6. The molecule has 1 unspecified atom stereocenters. The molecule has 2 rings (SSSR count). The highest BCUT2D eigenvalue weighted by molar-refractivity contribution is 5.83. The summed E-state index contributed by atoms with van der Waals surface area (Å²) in [6, 6.07) is 6.41. The fourth-order valence-corrected chi connectivity index (χ4v) is 2.48. The van der Waals surface area contributed by atoms with Gasteiger partial charge in [0.05, 0.1) is 0 Å². The summed E-state index contributed by atoms with van der Waals surface area (Å²) in [5.74, 6) is 0. The standard InChI is InChI=1S/C14H20N2O2/c1-2-7-15-12-5-3-11-9-13(16-14(17)18)6-4-10(11)8-12/h4,6,9,12,15-16H,2-3,5,7-8H2,1H3,(H,17,18). The van der Waals surface area contributed by atoms with Crippen molar-refractivity contribution in [2.75, 3.05) is 11.9 Å². The van der Waals surface area contributed by atoms with E-state index in [-0.39, 0.29) is 0 Å². The third-order valence-corrected chi connectivity index (χ3v) is 3.37. The van der Waals surface area contributed by atoms with Crippen LogP contribution in [0.15, 0.2) is 18.2 Å². The van der Waals surface area contributed by atoms with Gasteiger partial charge in [-0.1, -0.05) is 13.0 Å². The van der Waals surface area contributed by atoms with Crippen molar-refractivity contribution in [2.45, 2.75) is 38.6 Å². The van der Waals surface area contributed by atoms with E-state index in [1.807, 2.05) is 18.2 Å². The van der Waals surface area contributed by atoms with E-state index in [9.17, 15) is 4.79 Å². The van der Waals surface area contributed by atoms with Gasteiger partial charge in [0.1, 0.15) is 0 Å². The third kappa shape index (κ3) is 3.23. The lowest BCUT2D eigenvalue weighted by Gasteiger charge is -2.26. The molecule has 98 valence electrons. The van der Waals surface area contributed by atoms with Gasteiger partial charge >= 0.3 is 6.09 Å². The van der Waals surface area contributed by atoms with Crippen LogP contribution in [0.5, 0.6) is 0 Å². The van der Waals surface area contributed by atoms with Crippen LogP contribution in [0.1, 0.15) is 30.9 Å². The number of amides is 1. The molecule has 0 heterocycles. The van der Waals surface area contributed by atoms with Gasteiger partial charge in [0, 0.05) is 11.7 Å². The minimum Gasteiger partial charge on any atom is -0.465 e. The summed E-state index contributed by atoms with van der Waals surface area (Å²) in [5, 5.41) is 14.6. The molecule has 1 aliphatic rings. The number of anilines is 1. The van der Waals surface area contributed by atoms with Crippen molar-refractivity contribution in [2.24, 2.45) is 0 Å². The Morgan fingerprint density at radius 2 is 2.28 bits per heavy atom. The summed E-state index contributed by atoms with van der Waals surface area (Å²) < 4.78 is 0. The molecule has 1 aliphatic carbocycles. The van der Waals surface area contributed by atoms with Gasteiger partial charge in [0.15, 0.2) is 0 Å². The van der Waals surface area contributed by atoms with Gasteiger partial charge < -0.3 is 10.4 Å². The Morgan fingerprint density at radius 1 is 1.44 bits per heavy atom. The molecule has 0 bridgehead atoms. The maximum Gasteiger partial charge on any atom is 0.409 e. The second kappa shape index (κ2) is 5.87. The number of hydrogen-bond donors (Lipinski definition) is 3. The number of nitrogens with one attached hydrogen (secondary N) is 2. The first-order chi connectivity index (χ1) is 8.69. The summed E-state index contributed by atoms with van der Waals surface area (Å²) in [6.07, 6.45) is 3.34. The molecule has 0 saturated carbocycles. The van der Waals surface area contributed by atoms with E-state index in [1.54, 1.807) is 0 Å². The molecule has 18 heavy (non-hydrogen) atoms. The van der Waals surface area contributed by atoms with Crippen molar-refractivity contribution in [3.8, 4) is 0 Å². The summed E-state index contributed by atoms with van der Waals surface area (Å²) in [7, 11) is 0. The number of hydrogen-bond acceptors (Lipinski definition) is 2. The van der Waals surface area contributed by atoms with E-state index in [0.717, 1.165) is 32.2 Å². The number of carboxylic acid groups (broad SMARTS) is 1. The van der Waals surface area contributed by atoms with Crippen LogP contribution >= 0.6 is 0 Å². The molecule has 4 heteroatoms. The topological polar surface area (TPSA) is 61.4 Å². The average Bonchev–Trinajstić information content (AvgIpc) is 2.35. The van der Waals surface area contributed by atoms with Crippen LogP contribution in [0.3, 0.4) is 0 Å². The lowest BCUT2D eigenvalue weighted by atomic mass is 9.88. The van der Waals surface area contributed by atoms with Crippen molar-refractivity contribution in [1.82, 2.24) is 5.32 Å². The second-order valence-electron chi connectivity index (χ2n) is 4.81. The number of rotatable bonds is 4. The minimum absolute atomic E-state index is 0.565. The Balaban J connectivity index is 2.03. The van der Waals surface area contributed by atoms with E-state index < -0.39 is 6.09 Å². The first-order valence-corrected chi connectivity index (χ1v) is 6.54. The predicted octanol–water partition coefficient (Wildman–Crippen LogP) is 2.63. The Bertz CT molecular complexity index is 432. The summed E-state index contributed by atoms with van der Waals surface area (Å²) in [4.78, 5) is 10.6. The van der Waals surface area contributed by atoms with E-state index in [1.165, 1.54) is 11.1 Å². The smallest absolute Gasteiger partial charge is 0.409 e. The highest BCUT2D eigenvalue weighted by atomic mass is 16.4. The monoisotopic (exact) mass is 248 g/mol. The molecular formula is C14H20N2O2. The van der Waals surface area contributed by atoms with Crippen molar-refractivity contribution in [3.05, 3.63) is 29.3 Å². The lowest BCUT2D eigenvalue weighted by Crippen LogP contribution is -2.35. The van der Waals surface area contributed by atoms with Gasteiger partial charge in [0.25, 0.3) is 0 Å². The van der Waals surface area contributed by atoms with Gasteiger partial charge in [-0.25, -0.2) is 4.79 Å². The lowest BCUT2D eigenvalue weighted by molar-refractivity contribution is 0.209. The fourth-order valence-electron chi connectivity index (χ4n) is 2.48. The molecule has 1 amide bonds. The van der Waals surface area contributed by atoms with Crippen LogP contribution in [0.4, 0.5) is 10.5 Å². The Hall–Kier alpha value is -1.55. The molecule has 1 aromatic rings. The molecule has 1 atom stereocenters. The van der Waals surface area contributed by atoms with Crippen LogP contribution in [0.2, 0.25) is 0 Å². The van der Waals surface area contributed by atoms with Crippen LogP contribution < -0.4 is 10.6 Å². The van der Waals surface area contributed by atoms with E-state index in [0.29, 0.717) is 11.7 Å². The quantitative estimate of drug-likeness (QED) is 0.767. The first-order valence-electron chi connectivity index (χ1n) is 6.54. The molecule has 0 fully saturated rings. The highest BCUT2D eigenvalue weighted by Crippen LogP contribution is 2.24. The summed E-state index contributed by atoms with van der Waals surface area (Å²) >= 11 is 0. The molecule has 0 spiro atoms. The zero-order valence-corrected chi connectivity index (χ0v) is 10.7. The minimum atomic E-state index is -1.01. The van der Waals surface area contributed by atoms with Gasteiger partial charge in [-0.05, 0) is 55.5 Å². The average molecular weight is 248 g/mol. The number of benzene rings is 1.